The fourth-order valence-corrected chi connectivity index (χ4v) is 4.89. The average molecular weight is 706 g/mol. The Balaban J connectivity index is 0.000000192. The molecule has 4 heteroatoms. The van der Waals surface area contributed by atoms with E-state index in [1.807, 2.05) is 60.7 Å². The van der Waals surface area contributed by atoms with E-state index in [0.29, 0.717) is 5.82 Å². The minimum atomic E-state index is 0. The first kappa shape index (κ1) is 28.0. The van der Waals surface area contributed by atoms with Gasteiger partial charge in [0.2, 0.25) is 0 Å². The van der Waals surface area contributed by atoms with E-state index in [-0.39, 0.29) is 20.1 Å². The molecule has 201 valence electrons. The SMILES string of the molecule is Cc1[c-]c(-c2ccccn2)cc(C)c1.[Ir].[c-]1ccccc1-c1nc(-c2ccccc2)c2ccc3ccccc3c2n1. The van der Waals surface area contributed by atoms with Crippen molar-refractivity contribution in [3.8, 4) is 33.9 Å². The van der Waals surface area contributed by atoms with E-state index in [2.05, 4.69) is 91.6 Å². The second-order valence-electron chi connectivity index (χ2n) is 9.69. The minimum absolute atomic E-state index is 0. The Morgan fingerprint density at radius 3 is 2.17 bits per heavy atom. The number of pyridine rings is 1. The van der Waals surface area contributed by atoms with Gasteiger partial charge in [0.25, 0.3) is 0 Å². The summed E-state index contributed by atoms with van der Waals surface area (Å²) in [6.07, 6.45) is 1.81. The van der Waals surface area contributed by atoms with Crippen LogP contribution in [0.15, 0.2) is 128 Å². The van der Waals surface area contributed by atoms with Crippen LogP contribution in [0.3, 0.4) is 0 Å². The fraction of sp³-hybridized carbons (Fsp3) is 0.0541. The molecule has 0 unspecified atom stereocenters. The Morgan fingerprint density at radius 1 is 0.634 bits per heavy atom. The number of nitrogens with zero attached hydrogens (tertiary/aromatic N) is 3. The van der Waals surface area contributed by atoms with E-state index in [0.717, 1.165) is 49.9 Å². The predicted octanol–water partition coefficient (Wildman–Crippen LogP) is 9.08. The second-order valence-corrected chi connectivity index (χ2v) is 9.69. The number of rotatable bonds is 3. The number of fused-ring (bicyclic) bond motifs is 3. The van der Waals surface area contributed by atoms with Crippen molar-refractivity contribution < 1.29 is 20.1 Å². The molecular formula is C37H27IrN3-2. The van der Waals surface area contributed by atoms with Crippen LogP contribution in [0.4, 0.5) is 0 Å². The molecule has 0 amide bonds. The quantitative estimate of drug-likeness (QED) is 0.136. The molecule has 0 N–H and O–H groups in total. The van der Waals surface area contributed by atoms with Gasteiger partial charge in [-0.25, -0.2) is 0 Å². The summed E-state index contributed by atoms with van der Waals surface area (Å²) in [5, 5.41) is 3.39. The van der Waals surface area contributed by atoms with Crippen LogP contribution in [-0.2, 0) is 20.1 Å². The largest absolute Gasteiger partial charge is 0.305 e. The molecule has 0 fully saturated rings. The third kappa shape index (κ3) is 6.30. The van der Waals surface area contributed by atoms with Gasteiger partial charge in [-0.15, -0.1) is 70.8 Å². The molecule has 7 rings (SSSR count). The number of aromatic nitrogens is 3. The molecule has 0 atom stereocenters. The Labute approximate surface area is 254 Å². The monoisotopic (exact) mass is 706 g/mol. The summed E-state index contributed by atoms with van der Waals surface area (Å²) in [5.41, 5.74) is 8.39. The van der Waals surface area contributed by atoms with Crippen molar-refractivity contribution >= 4 is 21.7 Å². The fourth-order valence-electron chi connectivity index (χ4n) is 4.89. The van der Waals surface area contributed by atoms with E-state index >= 15 is 0 Å². The van der Waals surface area contributed by atoms with Crippen LogP contribution in [0.25, 0.3) is 55.6 Å². The first-order valence-electron chi connectivity index (χ1n) is 13.3. The first-order chi connectivity index (χ1) is 19.7. The molecule has 41 heavy (non-hydrogen) atoms. The van der Waals surface area contributed by atoms with E-state index < -0.39 is 0 Å². The summed E-state index contributed by atoms with van der Waals surface area (Å²) in [6.45, 7) is 4.15. The minimum Gasteiger partial charge on any atom is -0.305 e. The molecular weight excluding hydrogens is 679 g/mol. The summed E-state index contributed by atoms with van der Waals surface area (Å²) < 4.78 is 0. The first-order valence-corrected chi connectivity index (χ1v) is 13.3. The van der Waals surface area contributed by atoms with Crippen LogP contribution in [0, 0.1) is 26.0 Å². The zero-order valence-electron chi connectivity index (χ0n) is 22.8. The second kappa shape index (κ2) is 12.8. The van der Waals surface area contributed by atoms with Gasteiger partial charge < -0.3 is 4.98 Å². The molecule has 0 aliphatic carbocycles. The Hall–Kier alpha value is -4.50. The summed E-state index contributed by atoms with van der Waals surface area (Å²) in [6, 6.07) is 47.4. The summed E-state index contributed by atoms with van der Waals surface area (Å²) in [4.78, 5) is 14.1. The van der Waals surface area contributed by atoms with Gasteiger partial charge in [-0.1, -0.05) is 92.7 Å². The maximum atomic E-state index is 4.92. The van der Waals surface area contributed by atoms with E-state index in [4.69, 9.17) is 9.97 Å². The zero-order chi connectivity index (χ0) is 27.3. The van der Waals surface area contributed by atoms with Gasteiger partial charge in [-0.3, -0.25) is 9.97 Å². The smallest absolute Gasteiger partial charge is 0.0763 e. The van der Waals surface area contributed by atoms with Crippen LogP contribution in [0.2, 0.25) is 0 Å². The molecule has 0 aliphatic heterocycles. The van der Waals surface area contributed by atoms with E-state index in [1.54, 1.807) is 6.20 Å². The molecule has 7 aromatic rings. The molecule has 1 radical (unpaired) electrons. The summed E-state index contributed by atoms with van der Waals surface area (Å²) in [7, 11) is 0. The average Bonchev–Trinajstić information content (AvgIpc) is 3.01. The van der Waals surface area contributed by atoms with Crippen LogP contribution in [0.1, 0.15) is 11.1 Å². The van der Waals surface area contributed by atoms with Crippen LogP contribution in [0.5, 0.6) is 0 Å². The van der Waals surface area contributed by atoms with E-state index in [1.165, 1.54) is 10.9 Å². The number of hydrogen-bond acceptors (Lipinski definition) is 3. The molecule has 3 nitrogen and oxygen atoms in total. The molecule has 0 bridgehead atoms. The van der Waals surface area contributed by atoms with Crippen molar-refractivity contribution in [3.05, 3.63) is 151 Å². The van der Waals surface area contributed by atoms with Gasteiger partial charge in [0.05, 0.1) is 17.0 Å². The molecule has 2 heterocycles. The van der Waals surface area contributed by atoms with Crippen LogP contribution in [-0.4, -0.2) is 15.0 Å². The molecule has 2 aromatic heterocycles. The third-order valence-electron chi connectivity index (χ3n) is 6.68. The molecule has 0 aliphatic rings. The van der Waals surface area contributed by atoms with Gasteiger partial charge in [0.15, 0.2) is 0 Å². The Kier molecular flexibility index (Phi) is 8.74. The third-order valence-corrected chi connectivity index (χ3v) is 6.68. The van der Waals surface area contributed by atoms with Crippen molar-refractivity contribution in [2.24, 2.45) is 0 Å². The Morgan fingerprint density at radius 2 is 1.41 bits per heavy atom. The molecule has 5 aromatic carbocycles. The summed E-state index contributed by atoms with van der Waals surface area (Å²) in [5.74, 6) is 0.702. The number of hydrogen-bond donors (Lipinski definition) is 0. The molecule has 0 spiro atoms. The van der Waals surface area contributed by atoms with Crippen LogP contribution >= 0.6 is 0 Å². The zero-order valence-corrected chi connectivity index (χ0v) is 25.2. The topological polar surface area (TPSA) is 38.7 Å². The van der Waals surface area contributed by atoms with Crippen molar-refractivity contribution in [2.75, 3.05) is 0 Å². The Bertz CT molecular complexity index is 1880. The van der Waals surface area contributed by atoms with Crippen molar-refractivity contribution in [2.45, 2.75) is 13.8 Å². The standard InChI is InChI=1S/C24H15N2.C13H12N.Ir/c1-3-10-18(11-4-1)22-21-16-15-17-9-7-8-14-20(17)23(21)26-24(25-22)19-12-5-2-6-13-19;1-10-7-11(2)9-12(8-10)13-5-3-4-6-14-13;/h1-12,14-16H;3-8H,1-2H3;/q2*-1;. The van der Waals surface area contributed by atoms with Crippen molar-refractivity contribution in [3.63, 3.8) is 0 Å². The maximum Gasteiger partial charge on any atom is 0.0763 e. The van der Waals surface area contributed by atoms with Crippen LogP contribution < -0.4 is 0 Å². The number of aryl methyl sites for hydroxylation is 2. The predicted molar refractivity (Wildman–Crippen MR) is 165 cm³/mol. The van der Waals surface area contributed by atoms with Gasteiger partial charge in [-0.2, -0.15) is 0 Å². The van der Waals surface area contributed by atoms with E-state index in [9.17, 15) is 0 Å². The van der Waals surface area contributed by atoms with Crippen molar-refractivity contribution in [1.29, 1.82) is 0 Å². The molecule has 0 saturated heterocycles. The van der Waals surface area contributed by atoms with Gasteiger partial charge in [0, 0.05) is 37.1 Å². The number of benzene rings is 5. The van der Waals surface area contributed by atoms with Gasteiger partial charge in [0.1, 0.15) is 0 Å². The van der Waals surface area contributed by atoms with Crippen molar-refractivity contribution in [1.82, 2.24) is 15.0 Å². The van der Waals surface area contributed by atoms with Gasteiger partial charge >= 0.3 is 0 Å². The van der Waals surface area contributed by atoms with Gasteiger partial charge in [-0.05, 0) is 22.7 Å². The molecule has 0 saturated carbocycles. The normalized spacial score (nSPS) is 10.5. The maximum absolute atomic E-state index is 4.92. The summed E-state index contributed by atoms with van der Waals surface area (Å²) >= 11 is 0.